The van der Waals surface area contributed by atoms with Crippen molar-refractivity contribution in [3.63, 3.8) is 0 Å². The molecular weight excluding hydrogens is 214 g/mol. The molecule has 0 bridgehead atoms. The van der Waals surface area contributed by atoms with E-state index in [1.54, 1.807) is 0 Å². The lowest BCUT2D eigenvalue weighted by Crippen LogP contribution is -2.55. The molecule has 4 nitrogen and oxygen atoms in total. The second-order valence-electron chi connectivity index (χ2n) is 5.44. The first kappa shape index (κ1) is 12.7. The van der Waals surface area contributed by atoms with E-state index in [9.17, 15) is 0 Å². The summed E-state index contributed by atoms with van der Waals surface area (Å²) < 4.78 is 0. The normalized spacial score (nSPS) is 33.1. The van der Waals surface area contributed by atoms with Crippen LogP contribution in [0.15, 0.2) is 5.16 Å². The maximum Gasteiger partial charge on any atom is 0.156 e. The highest BCUT2D eigenvalue weighted by Crippen LogP contribution is 2.36. The van der Waals surface area contributed by atoms with Crippen LogP contribution in [0.2, 0.25) is 0 Å². The second kappa shape index (κ2) is 5.71. The average Bonchev–Trinajstić information content (AvgIpc) is 2.39. The van der Waals surface area contributed by atoms with Crippen LogP contribution in [0.1, 0.15) is 51.9 Å². The van der Waals surface area contributed by atoms with E-state index in [1.807, 2.05) is 0 Å². The first-order valence-electron chi connectivity index (χ1n) is 7.01. The van der Waals surface area contributed by atoms with Gasteiger partial charge in [0.1, 0.15) is 0 Å². The zero-order valence-electron chi connectivity index (χ0n) is 10.8. The highest BCUT2D eigenvalue weighted by molar-refractivity contribution is 5.85. The third kappa shape index (κ3) is 2.57. The van der Waals surface area contributed by atoms with Crippen LogP contribution in [0.5, 0.6) is 0 Å². The molecule has 1 heterocycles. The van der Waals surface area contributed by atoms with Gasteiger partial charge in [-0.25, -0.2) is 0 Å². The summed E-state index contributed by atoms with van der Waals surface area (Å²) in [5.41, 5.74) is 5.84. The topological polar surface area (TPSA) is 61.9 Å². The molecule has 0 spiro atoms. The molecule has 1 aliphatic heterocycles. The van der Waals surface area contributed by atoms with E-state index in [0.29, 0.717) is 11.9 Å². The summed E-state index contributed by atoms with van der Waals surface area (Å²) in [4.78, 5) is 2.50. The summed E-state index contributed by atoms with van der Waals surface area (Å²) in [5, 5.41) is 12.1. The van der Waals surface area contributed by atoms with E-state index in [1.165, 1.54) is 38.5 Å². The standard InChI is InChI=1S/C13H25N3O/c1-2-11(13(14)15-17)16-9-5-7-10-6-3-4-8-12(10)16/h10-12,17H,2-9H2,1H3,(H2,14,15). The summed E-state index contributed by atoms with van der Waals surface area (Å²) in [6.45, 7) is 3.23. The quantitative estimate of drug-likeness (QED) is 0.343. The van der Waals surface area contributed by atoms with Crippen molar-refractivity contribution in [2.75, 3.05) is 6.54 Å². The molecule has 3 N–H and O–H groups in total. The molecule has 2 rings (SSSR count). The van der Waals surface area contributed by atoms with Crippen molar-refractivity contribution < 1.29 is 5.21 Å². The minimum Gasteiger partial charge on any atom is -0.409 e. The smallest absolute Gasteiger partial charge is 0.156 e. The molecule has 0 radical (unpaired) electrons. The monoisotopic (exact) mass is 239 g/mol. The lowest BCUT2D eigenvalue weighted by atomic mass is 9.77. The Morgan fingerprint density at radius 3 is 2.76 bits per heavy atom. The van der Waals surface area contributed by atoms with Crippen molar-refractivity contribution in [2.24, 2.45) is 16.8 Å². The van der Waals surface area contributed by atoms with Crippen LogP contribution in [0, 0.1) is 5.92 Å². The molecule has 98 valence electrons. The van der Waals surface area contributed by atoms with Crippen LogP contribution in [0.25, 0.3) is 0 Å². The maximum absolute atomic E-state index is 8.90. The van der Waals surface area contributed by atoms with Crippen LogP contribution in [0.4, 0.5) is 0 Å². The number of hydrogen-bond acceptors (Lipinski definition) is 3. The minimum absolute atomic E-state index is 0.130. The number of fused-ring (bicyclic) bond motifs is 1. The highest BCUT2D eigenvalue weighted by atomic mass is 16.4. The van der Waals surface area contributed by atoms with Gasteiger partial charge in [0.2, 0.25) is 0 Å². The Hall–Kier alpha value is -0.770. The minimum atomic E-state index is 0.130. The molecule has 17 heavy (non-hydrogen) atoms. The number of hydrogen-bond donors (Lipinski definition) is 2. The second-order valence-corrected chi connectivity index (χ2v) is 5.44. The van der Waals surface area contributed by atoms with Crippen molar-refractivity contribution in [3.8, 4) is 0 Å². The van der Waals surface area contributed by atoms with Crippen LogP contribution < -0.4 is 5.73 Å². The molecule has 4 heteroatoms. The van der Waals surface area contributed by atoms with E-state index in [2.05, 4.69) is 17.0 Å². The largest absolute Gasteiger partial charge is 0.409 e. The Bertz CT molecular complexity index is 278. The third-order valence-corrected chi connectivity index (χ3v) is 4.53. The number of nitrogens with two attached hydrogens (primary N) is 1. The number of nitrogens with zero attached hydrogens (tertiary/aromatic N) is 2. The molecule has 1 aliphatic carbocycles. The number of rotatable bonds is 3. The van der Waals surface area contributed by atoms with E-state index in [4.69, 9.17) is 10.9 Å². The van der Waals surface area contributed by atoms with Crippen LogP contribution in [-0.2, 0) is 0 Å². The SMILES string of the molecule is CCC(C(N)=NO)N1CCCC2CCCCC21. The first-order chi connectivity index (χ1) is 8.27. The van der Waals surface area contributed by atoms with Gasteiger partial charge in [-0.15, -0.1) is 0 Å². The zero-order valence-corrected chi connectivity index (χ0v) is 10.8. The third-order valence-electron chi connectivity index (χ3n) is 4.53. The molecule has 0 aromatic rings. The fourth-order valence-corrected chi connectivity index (χ4v) is 3.73. The van der Waals surface area contributed by atoms with Crippen molar-refractivity contribution >= 4 is 5.84 Å². The number of likely N-dealkylation sites (tertiary alicyclic amines) is 1. The van der Waals surface area contributed by atoms with Crippen molar-refractivity contribution in [1.82, 2.24) is 4.90 Å². The van der Waals surface area contributed by atoms with E-state index in [-0.39, 0.29) is 6.04 Å². The first-order valence-corrected chi connectivity index (χ1v) is 7.01. The van der Waals surface area contributed by atoms with Gasteiger partial charge in [0, 0.05) is 6.04 Å². The molecule has 1 saturated heterocycles. The van der Waals surface area contributed by atoms with Gasteiger partial charge in [0.15, 0.2) is 5.84 Å². The summed E-state index contributed by atoms with van der Waals surface area (Å²) >= 11 is 0. The number of oxime groups is 1. The predicted molar refractivity (Wildman–Crippen MR) is 69.2 cm³/mol. The van der Waals surface area contributed by atoms with Gasteiger partial charge >= 0.3 is 0 Å². The van der Waals surface area contributed by atoms with E-state index in [0.717, 1.165) is 18.9 Å². The van der Waals surface area contributed by atoms with Gasteiger partial charge in [-0.3, -0.25) is 4.90 Å². The van der Waals surface area contributed by atoms with Crippen LogP contribution in [0.3, 0.4) is 0 Å². The molecule has 2 fully saturated rings. The lowest BCUT2D eigenvalue weighted by molar-refractivity contribution is 0.0434. The molecule has 0 aromatic carbocycles. The maximum atomic E-state index is 8.90. The Morgan fingerprint density at radius 1 is 1.35 bits per heavy atom. The molecule has 3 unspecified atom stereocenters. The molecule has 0 amide bonds. The predicted octanol–water partition coefficient (Wildman–Crippen LogP) is 2.17. The van der Waals surface area contributed by atoms with Crippen molar-refractivity contribution in [2.45, 2.75) is 64.0 Å². The highest BCUT2D eigenvalue weighted by Gasteiger charge is 2.37. The van der Waals surface area contributed by atoms with Gasteiger partial charge < -0.3 is 10.9 Å². The number of amidine groups is 1. The zero-order chi connectivity index (χ0) is 12.3. The average molecular weight is 239 g/mol. The van der Waals surface area contributed by atoms with Crippen molar-refractivity contribution in [3.05, 3.63) is 0 Å². The summed E-state index contributed by atoms with van der Waals surface area (Å²) in [7, 11) is 0. The van der Waals surface area contributed by atoms with Gasteiger partial charge in [-0.2, -0.15) is 0 Å². The molecule has 0 aromatic heterocycles. The van der Waals surface area contributed by atoms with Crippen molar-refractivity contribution in [1.29, 1.82) is 0 Å². The van der Waals surface area contributed by atoms with E-state index >= 15 is 0 Å². The lowest BCUT2D eigenvalue weighted by Gasteiger charge is -2.47. The molecule has 3 atom stereocenters. The fraction of sp³-hybridized carbons (Fsp3) is 0.923. The summed E-state index contributed by atoms with van der Waals surface area (Å²) in [6, 6.07) is 0.800. The summed E-state index contributed by atoms with van der Waals surface area (Å²) in [5.74, 6) is 1.23. The van der Waals surface area contributed by atoms with Gasteiger partial charge in [-0.1, -0.05) is 24.9 Å². The van der Waals surface area contributed by atoms with Gasteiger partial charge in [0.05, 0.1) is 6.04 Å². The Morgan fingerprint density at radius 2 is 2.06 bits per heavy atom. The molecule has 2 aliphatic rings. The number of piperidine rings is 1. The summed E-state index contributed by atoms with van der Waals surface area (Å²) in [6.07, 6.45) is 8.94. The Balaban J connectivity index is 2.11. The Kier molecular flexibility index (Phi) is 4.26. The van der Waals surface area contributed by atoms with Gasteiger partial charge in [0.25, 0.3) is 0 Å². The fourth-order valence-electron chi connectivity index (χ4n) is 3.73. The molecular formula is C13H25N3O. The Labute approximate surface area is 104 Å². The van der Waals surface area contributed by atoms with Crippen LogP contribution >= 0.6 is 0 Å². The van der Waals surface area contributed by atoms with Gasteiger partial charge in [-0.05, 0) is 44.6 Å². The molecule has 1 saturated carbocycles. The van der Waals surface area contributed by atoms with E-state index < -0.39 is 0 Å². The van der Waals surface area contributed by atoms with Crippen LogP contribution in [-0.4, -0.2) is 34.6 Å².